The summed E-state index contributed by atoms with van der Waals surface area (Å²) in [6.07, 6.45) is 0.773. The second kappa shape index (κ2) is 4.88. The van der Waals surface area contributed by atoms with E-state index in [1.165, 1.54) is 0 Å². The van der Waals surface area contributed by atoms with Gasteiger partial charge in [-0.2, -0.15) is 0 Å². The van der Waals surface area contributed by atoms with E-state index in [0.29, 0.717) is 6.54 Å². The Bertz CT molecular complexity index is 470. The largest absolute Gasteiger partial charge is 0.495 e. The molecule has 0 radical (unpaired) electrons. The summed E-state index contributed by atoms with van der Waals surface area (Å²) >= 11 is 0. The second-order valence-corrected chi connectivity index (χ2v) is 4.98. The van der Waals surface area contributed by atoms with Crippen molar-refractivity contribution in [3.8, 4) is 5.75 Å². The molecule has 4 heteroatoms. The summed E-state index contributed by atoms with van der Waals surface area (Å²) in [4.78, 5) is 10.8. The number of ether oxygens (including phenoxy) is 1. The number of aryl methyl sites for hydroxylation is 2. The zero-order chi connectivity index (χ0) is 13.3. The van der Waals surface area contributed by atoms with Crippen LogP contribution in [0.4, 0.5) is 5.69 Å². The lowest BCUT2D eigenvalue weighted by Gasteiger charge is -2.14. The SMILES string of the molecule is COc1cc(C)cc(C)c1NCC1CC1C(=O)O. The number of carbonyl (C=O) groups is 1. The van der Waals surface area contributed by atoms with Gasteiger partial charge in [-0.1, -0.05) is 6.07 Å². The number of hydrogen-bond acceptors (Lipinski definition) is 3. The van der Waals surface area contributed by atoms with Crippen LogP contribution in [0.25, 0.3) is 0 Å². The summed E-state index contributed by atoms with van der Waals surface area (Å²) in [5.74, 6) is 0.205. The molecule has 1 aromatic carbocycles. The summed E-state index contributed by atoms with van der Waals surface area (Å²) in [6.45, 7) is 4.75. The van der Waals surface area contributed by atoms with E-state index in [9.17, 15) is 4.79 Å². The lowest BCUT2D eigenvalue weighted by atomic mass is 10.1. The van der Waals surface area contributed by atoms with Crippen molar-refractivity contribution in [2.75, 3.05) is 19.0 Å². The van der Waals surface area contributed by atoms with E-state index >= 15 is 0 Å². The molecule has 1 aromatic rings. The van der Waals surface area contributed by atoms with Crippen LogP contribution < -0.4 is 10.1 Å². The topological polar surface area (TPSA) is 58.6 Å². The van der Waals surface area contributed by atoms with Gasteiger partial charge >= 0.3 is 5.97 Å². The fourth-order valence-corrected chi connectivity index (χ4v) is 2.32. The van der Waals surface area contributed by atoms with Gasteiger partial charge in [0.1, 0.15) is 5.75 Å². The molecular weight excluding hydrogens is 230 g/mol. The summed E-state index contributed by atoms with van der Waals surface area (Å²) in [7, 11) is 1.65. The van der Waals surface area contributed by atoms with Crippen LogP contribution in [0.1, 0.15) is 17.5 Å². The maximum Gasteiger partial charge on any atom is 0.306 e. The minimum atomic E-state index is -0.686. The van der Waals surface area contributed by atoms with Crippen LogP contribution in [0, 0.1) is 25.7 Å². The molecule has 0 spiro atoms. The average molecular weight is 249 g/mol. The van der Waals surface area contributed by atoms with E-state index < -0.39 is 5.97 Å². The highest BCUT2D eigenvalue weighted by Gasteiger charge is 2.42. The number of aliphatic carboxylic acids is 1. The third kappa shape index (κ3) is 2.58. The van der Waals surface area contributed by atoms with Crippen molar-refractivity contribution in [1.29, 1.82) is 0 Å². The van der Waals surface area contributed by atoms with Gasteiger partial charge in [-0.25, -0.2) is 0 Å². The Kier molecular flexibility index (Phi) is 3.45. The van der Waals surface area contributed by atoms with E-state index in [0.717, 1.165) is 29.0 Å². The fourth-order valence-electron chi connectivity index (χ4n) is 2.32. The predicted octanol–water partition coefficient (Wildman–Crippen LogP) is 2.44. The van der Waals surface area contributed by atoms with E-state index in [2.05, 4.69) is 11.4 Å². The highest BCUT2D eigenvalue weighted by atomic mass is 16.5. The van der Waals surface area contributed by atoms with Gasteiger partial charge in [0, 0.05) is 6.54 Å². The molecule has 2 atom stereocenters. The van der Waals surface area contributed by atoms with E-state index in [1.54, 1.807) is 7.11 Å². The number of hydrogen-bond donors (Lipinski definition) is 2. The van der Waals surface area contributed by atoms with Crippen LogP contribution >= 0.6 is 0 Å². The van der Waals surface area contributed by atoms with Crippen LogP contribution in [0.3, 0.4) is 0 Å². The van der Waals surface area contributed by atoms with Crippen molar-refractivity contribution >= 4 is 11.7 Å². The number of rotatable bonds is 5. The summed E-state index contributed by atoms with van der Waals surface area (Å²) in [5.41, 5.74) is 3.25. The monoisotopic (exact) mass is 249 g/mol. The number of anilines is 1. The van der Waals surface area contributed by atoms with E-state index in [1.807, 2.05) is 19.9 Å². The molecule has 1 saturated carbocycles. The Morgan fingerprint density at radius 2 is 2.22 bits per heavy atom. The smallest absolute Gasteiger partial charge is 0.306 e. The second-order valence-electron chi connectivity index (χ2n) is 4.98. The van der Waals surface area contributed by atoms with Crippen LogP contribution in [0.5, 0.6) is 5.75 Å². The molecule has 0 saturated heterocycles. The molecule has 1 aliphatic rings. The first kappa shape index (κ1) is 12.7. The van der Waals surface area contributed by atoms with E-state index in [4.69, 9.17) is 9.84 Å². The maximum absolute atomic E-state index is 10.8. The normalized spacial score (nSPS) is 21.5. The zero-order valence-electron chi connectivity index (χ0n) is 11.0. The Morgan fingerprint density at radius 3 is 2.78 bits per heavy atom. The molecular formula is C14H19NO3. The Labute approximate surface area is 107 Å². The van der Waals surface area contributed by atoms with Crippen LogP contribution in [0.2, 0.25) is 0 Å². The molecule has 0 aromatic heterocycles. The molecule has 0 heterocycles. The van der Waals surface area contributed by atoms with Gasteiger partial charge in [-0.05, 0) is 43.4 Å². The molecule has 2 unspecified atom stereocenters. The van der Waals surface area contributed by atoms with Crippen LogP contribution in [0.15, 0.2) is 12.1 Å². The maximum atomic E-state index is 10.8. The van der Waals surface area contributed by atoms with Crippen molar-refractivity contribution in [1.82, 2.24) is 0 Å². The highest BCUT2D eigenvalue weighted by Crippen LogP contribution is 2.39. The Balaban J connectivity index is 2.03. The van der Waals surface area contributed by atoms with Gasteiger partial charge in [-0.3, -0.25) is 4.79 Å². The molecule has 4 nitrogen and oxygen atoms in total. The van der Waals surface area contributed by atoms with Gasteiger partial charge in [0.25, 0.3) is 0 Å². The molecule has 1 aliphatic carbocycles. The van der Waals surface area contributed by atoms with Gasteiger partial charge in [-0.15, -0.1) is 0 Å². The van der Waals surface area contributed by atoms with Crippen LogP contribution in [-0.2, 0) is 4.79 Å². The first-order valence-electron chi connectivity index (χ1n) is 6.15. The predicted molar refractivity (Wildman–Crippen MR) is 70.2 cm³/mol. The standard InChI is InChI=1S/C14H19NO3/c1-8-4-9(2)13(12(5-8)18-3)15-7-10-6-11(10)14(16)17/h4-5,10-11,15H,6-7H2,1-3H3,(H,16,17). The van der Waals surface area contributed by atoms with Gasteiger partial charge in [0.05, 0.1) is 18.7 Å². The third-order valence-corrected chi connectivity index (χ3v) is 3.44. The van der Waals surface area contributed by atoms with Crippen molar-refractivity contribution < 1.29 is 14.6 Å². The summed E-state index contributed by atoms with van der Waals surface area (Å²) in [5, 5.41) is 12.2. The van der Waals surface area contributed by atoms with Gasteiger partial charge in [0.15, 0.2) is 0 Å². The Morgan fingerprint density at radius 1 is 1.50 bits per heavy atom. The molecule has 0 aliphatic heterocycles. The minimum absolute atomic E-state index is 0.172. The number of benzene rings is 1. The molecule has 1 fully saturated rings. The highest BCUT2D eigenvalue weighted by molar-refractivity contribution is 5.73. The number of carboxylic acids is 1. The van der Waals surface area contributed by atoms with Crippen molar-refractivity contribution in [2.45, 2.75) is 20.3 Å². The molecule has 2 rings (SSSR count). The van der Waals surface area contributed by atoms with Gasteiger partial charge < -0.3 is 15.2 Å². The number of nitrogens with one attached hydrogen (secondary N) is 1. The number of methoxy groups -OCH3 is 1. The van der Waals surface area contributed by atoms with Gasteiger partial charge in [0.2, 0.25) is 0 Å². The van der Waals surface area contributed by atoms with Crippen LogP contribution in [-0.4, -0.2) is 24.7 Å². The molecule has 18 heavy (non-hydrogen) atoms. The minimum Gasteiger partial charge on any atom is -0.495 e. The molecule has 0 bridgehead atoms. The lowest BCUT2D eigenvalue weighted by molar-refractivity contribution is -0.138. The average Bonchev–Trinajstić information content (AvgIpc) is 3.06. The third-order valence-electron chi connectivity index (χ3n) is 3.44. The first-order chi connectivity index (χ1) is 8.52. The fraction of sp³-hybridized carbons (Fsp3) is 0.500. The van der Waals surface area contributed by atoms with Crippen molar-refractivity contribution in [3.05, 3.63) is 23.3 Å². The summed E-state index contributed by atoms with van der Waals surface area (Å²) < 4.78 is 5.36. The lowest BCUT2D eigenvalue weighted by Crippen LogP contribution is -2.10. The summed E-state index contributed by atoms with van der Waals surface area (Å²) in [6, 6.07) is 4.07. The van der Waals surface area contributed by atoms with Crippen molar-refractivity contribution in [3.63, 3.8) is 0 Å². The van der Waals surface area contributed by atoms with Crippen molar-refractivity contribution in [2.24, 2.45) is 11.8 Å². The first-order valence-corrected chi connectivity index (χ1v) is 6.15. The zero-order valence-corrected chi connectivity index (χ0v) is 11.0. The molecule has 98 valence electrons. The Hall–Kier alpha value is -1.71. The van der Waals surface area contributed by atoms with E-state index in [-0.39, 0.29) is 11.8 Å². The molecule has 0 amide bonds. The molecule has 2 N–H and O–H groups in total. The number of carboxylic acid groups (broad SMARTS) is 1. The quantitative estimate of drug-likeness (QED) is 0.841.